The van der Waals surface area contributed by atoms with Crippen LogP contribution in [0, 0.1) is 0 Å². The highest BCUT2D eigenvalue weighted by molar-refractivity contribution is 7.92. The standard InChI is InChI=1S/C14H15N3O3S/c1-17-7-8-20-14-5-4-12(9-13(14)17)21(18,19)16-11-3-2-6-15-10-11/h2-6,9-10,16H,7-8H2,1H3. The quantitative estimate of drug-likeness (QED) is 0.934. The average molecular weight is 305 g/mol. The van der Waals surface area contributed by atoms with Crippen LogP contribution in [0.15, 0.2) is 47.6 Å². The number of ether oxygens (including phenoxy) is 1. The van der Waals surface area contributed by atoms with Gasteiger partial charge in [-0.05, 0) is 30.3 Å². The zero-order valence-electron chi connectivity index (χ0n) is 11.5. The Morgan fingerprint density at radius 1 is 1.33 bits per heavy atom. The summed E-state index contributed by atoms with van der Waals surface area (Å²) in [6.45, 7) is 1.33. The molecule has 1 aromatic carbocycles. The van der Waals surface area contributed by atoms with Gasteiger partial charge in [-0.3, -0.25) is 9.71 Å². The molecule has 3 rings (SSSR count). The highest BCUT2D eigenvalue weighted by atomic mass is 32.2. The van der Waals surface area contributed by atoms with Gasteiger partial charge in [0.05, 0.1) is 29.0 Å². The second-order valence-corrected chi connectivity index (χ2v) is 6.43. The Morgan fingerprint density at radius 3 is 2.95 bits per heavy atom. The lowest BCUT2D eigenvalue weighted by molar-refractivity contribution is 0.311. The minimum atomic E-state index is -3.64. The van der Waals surface area contributed by atoms with Crippen molar-refractivity contribution in [2.75, 3.05) is 29.8 Å². The van der Waals surface area contributed by atoms with Gasteiger partial charge in [0.1, 0.15) is 12.4 Å². The van der Waals surface area contributed by atoms with E-state index in [2.05, 4.69) is 9.71 Å². The van der Waals surface area contributed by atoms with Crippen molar-refractivity contribution in [3.63, 3.8) is 0 Å². The van der Waals surface area contributed by atoms with Gasteiger partial charge in [-0.2, -0.15) is 0 Å². The molecule has 0 aliphatic carbocycles. The fraction of sp³-hybridized carbons (Fsp3) is 0.214. The number of sulfonamides is 1. The van der Waals surface area contributed by atoms with Crippen LogP contribution in [0.5, 0.6) is 5.75 Å². The van der Waals surface area contributed by atoms with Gasteiger partial charge < -0.3 is 9.64 Å². The Balaban J connectivity index is 1.94. The number of pyridine rings is 1. The number of aromatic nitrogens is 1. The Morgan fingerprint density at radius 2 is 2.19 bits per heavy atom. The molecule has 6 nitrogen and oxygen atoms in total. The van der Waals surface area contributed by atoms with Gasteiger partial charge >= 0.3 is 0 Å². The van der Waals surface area contributed by atoms with Gasteiger partial charge in [0.25, 0.3) is 10.0 Å². The topological polar surface area (TPSA) is 71.5 Å². The molecule has 0 atom stereocenters. The van der Waals surface area contributed by atoms with E-state index in [1.807, 2.05) is 11.9 Å². The molecule has 1 N–H and O–H groups in total. The largest absolute Gasteiger partial charge is 0.490 e. The monoisotopic (exact) mass is 305 g/mol. The molecule has 1 aromatic heterocycles. The van der Waals surface area contributed by atoms with Crippen molar-refractivity contribution < 1.29 is 13.2 Å². The summed E-state index contributed by atoms with van der Waals surface area (Å²) >= 11 is 0. The van der Waals surface area contributed by atoms with E-state index in [4.69, 9.17) is 4.74 Å². The molecule has 1 aliphatic rings. The SMILES string of the molecule is CN1CCOc2ccc(S(=O)(=O)Nc3cccnc3)cc21. The molecule has 0 saturated carbocycles. The molecule has 0 bridgehead atoms. The second-order valence-electron chi connectivity index (χ2n) is 4.75. The van der Waals surface area contributed by atoms with Gasteiger partial charge in [-0.15, -0.1) is 0 Å². The second kappa shape index (κ2) is 5.25. The molecule has 110 valence electrons. The number of anilines is 2. The first-order chi connectivity index (χ1) is 10.1. The van der Waals surface area contributed by atoms with Crippen LogP contribution < -0.4 is 14.4 Å². The van der Waals surface area contributed by atoms with Crippen molar-refractivity contribution in [1.82, 2.24) is 4.98 Å². The Kier molecular flexibility index (Phi) is 3.42. The third-order valence-electron chi connectivity index (χ3n) is 3.25. The maximum absolute atomic E-state index is 12.4. The van der Waals surface area contributed by atoms with Crippen molar-refractivity contribution in [3.8, 4) is 5.75 Å². The molecule has 0 unspecified atom stereocenters. The van der Waals surface area contributed by atoms with Crippen molar-refractivity contribution >= 4 is 21.4 Å². The van der Waals surface area contributed by atoms with E-state index in [9.17, 15) is 8.42 Å². The number of likely N-dealkylation sites (N-methyl/N-ethyl adjacent to an activating group) is 1. The predicted molar refractivity (Wildman–Crippen MR) is 80.3 cm³/mol. The molecule has 1 aliphatic heterocycles. The number of hydrogen-bond donors (Lipinski definition) is 1. The number of nitrogens with zero attached hydrogens (tertiary/aromatic N) is 2. The Labute approximate surface area is 123 Å². The van der Waals surface area contributed by atoms with E-state index >= 15 is 0 Å². The summed E-state index contributed by atoms with van der Waals surface area (Å²) in [5.41, 5.74) is 1.20. The molecule has 0 saturated heterocycles. The number of rotatable bonds is 3. The summed E-state index contributed by atoms with van der Waals surface area (Å²) < 4.78 is 32.8. The molecular formula is C14H15N3O3S. The molecule has 0 spiro atoms. The molecule has 7 heteroatoms. The van der Waals surface area contributed by atoms with Gasteiger partial charge in [0, 0.05) is 13.2 Å². The average Bonchev–Trinajstić information content (AvgIpc) is 2.48. The first-order valence-electron chi connectivity index (χ1n) is 6.47. The molecule has 2 heterocycles. The van der Waals surface area contributed by atoms with Gasteiger partial charge in [-0.25, -0.2) is 8.42 Å². The highest BCUT2D eigenvalue weighted by Crippen LogP contribution is 2.33. The van der Waals surface area contributed by atoms with Gasteiger partial charge in [0.15, 0.2) is 0 Å². The Hall–Kier alpha value is -2.28. The summed E-state index contributed by atoms with van der Waals surface area (Å²) in [5, 5.41) is 0. The molecule has 21 heavy (non-hydrogen) atoms. The third kappa shape index (κ3) is 2.78. The van der Waals surface area contributed by atoms with Crippen LogP contribution in [-0.4, -0.2) is 33.6 Å². The number of nitrogens with one attached hydrogen (secondary N) is 1. The van der Waals surface area contributed by atoms with Gasteiger partial charge in [-0.1, -0.05) is 0 Å². The first-order valence-corrected chi connectivity index (χ1v) is 7.95. The van der Waals surface area contributed by atoms with Crippen molar-refractivity contribution in [2.45, 2.75) is 4.90 Å². The van der Waals surface area contributed by atoms with Crippen LogP contribution in [0.4, 0.5) is 11.4 Å². The smallest absolute Gasteiger partial charge is 0.262 e. The summed E-state index contributed by atoms with van der Waals surface area (Å²) in [6, 6.07) is 8.16. The van der Waals surface area contributed by atoms with Crippen molar-refractivity contribution in [1.29, 1.82) is 0 Å². The van der Waals surface area contributed by atoms with Crippen LogP contribution in [-0.2, 0) is 10.0 Å². The van der Waals surface area contributed by atoms with Crippen LogP contribution in [0.2, 0.25) is 0 Å². The lowest BCUT2D eigenvalue weighted by Crippen LogP contribution is -2.29. The van der Waals surface area contributed by atoms with E-state index in [1.54, 1.807) is 30.5 Å². The lowest BCUT2D eigenvalue weighted by Gasteiger charge is -2.28. The summed E-state index contributed by atoms with van der Waals surface area (Å²) in [7, 11) is -1.73. The maximum atomic E-state index is 12.4. The third-order valence-corrected chi connectivity index (χ3v) is 4.63. The van der Waals surface area contributed by atoms with Crippen LogP contribution in [0.25, 0.3) is 0 Å². The molecule has 2 aromatic rings. The van der Waals surface area contributed by atoms with E-state index in [-0.39, 0.29) is 4.90 Å². The first kappa shape index (κ1) is 13.7. The minimum Gasteiger partial charge on any atom is -0.490 e. The van der Waals surface area contributed by atoms with E-state index in [0.29, 0.717) is 18.0 Å². The lowest BCUT2D eigenvalue weighted by atomic mass is 10.2. The molecule has 0 amide bonds. The number of hydrogen-bond acceptors (Lipinski definition) is 5. The molecule has 0 fully saturated rings. The van der Waals surface area contributed by atoms with Crippen molar-refractivity contribution in [2.24, 2.45) is 0 Å². The van der Waals surface area contributed by atoms with E-state index in [1.165, 1.54) is 12.3 Å². The summed E-state index contributed by atoms with van der Waals surface area (Å²) in [6.07, 6.45) is 3.05. The van der Waals surface area contributed by atoms with Crippen LogP contribution in [0.1, 0.15) is 0 Å². The fourth-order valence-corrected chi connectivity index (χ4v) is 3.20. The zero-order valence-corrected chi connectivity index (χ0v) is 12.3. The summed E-state index contributed by atoms with van der Waals surface area (Å²) in [4.78, 5) is 6.06. The molecular weight excluding hydrogens is 290 g/mol. The molecule has 0 radical (unpaired) electrons. The normalized spacial score (nSPS) is 14.2. The fourth-order valence-electron chi connectivity index (χ4n) is 2.13. The van der Waals surface area contributed by atoms with E-state index < -0.39 is 10.0 Å². The van der Waals surface area contributed by atoms with Crippen molar-refractivity contribution in [3.05, 3.63) is 42.7 Å². The van der Waals surface area contributed by atoms with Gasteiger partial charge in [0.2, 0.25) is 0 Å². The maximum Gasteiger partial charge on any atom is 0.262 e. The zero-order chi connectivity index (χ0) is 14.9. The predicted octanol–water partition coefficient (Wildman–Crippen LogP) is 1.71. The highest BCUT2D eigenvalue weighted by Gasteiger charge is 2.20. The summed E-state index contributed by atoms with van der Waals surface area (Å²) in [5.74, 6) is 0.698. The van der Waals surface area contributed by atoms with Crippen LogP contribution >= 0.6 is 0 Å². The minimum absolute atomic E-state index is 0.197. The number of benzene rings is 1. The Bertz CT molecular complexity index is 747. The number of fused-ring (bicyclic) bond motifs is 1. The van der Waals surface area contributed by atoms with Crippen LogP contribution in [0.3, 0.4) is 0 Å². The van der Waals surface area contributed by atoms with E-state index in [0.717, 1.165) is 12.2 Å².